The standard InChI is InChI=1S/C22H32O3/c1-13-11-19-17-6-5-15-12-16(25-14(2)23)7-9-21(15,3)18(17)8-10-22(19,4)20(13)24/h5,13,16-19H,6-12H2,1-4H3. The van der Waals surface area contributed by atoms with E-state index in [1.807, 2.05) is 0 Å². The van der Waals surface area contributed by atoms with Gasteiger partial charge in [0.2, 0.25) is 0 Å². The van der Waals surface area contributed by atoms with Crippen LogP contribution >= 0.6 is 0 Å². The molecule has 0 radical (unpaired) electrons. The van der Waals surface area contributed by atoms with E-state index in [4.69, 9.17) is 4.74 Å². The third kappa shape index (κ3) is 2.44. The van der Waals surface area contributed by atoms with Gasteiger partial charge in [-0.1, -0.05) is 32.4 Å². The molecule has 0 amide bonds. The molecule has 0 spiro atoms. The molecule has 0 aromatic carbocycles. The van der Waals surface area contributed by atoms with Crippen LogP contribution in [0, 0.1) is 34.5 Å². The Hall–Kier alpha value is -1.12. The summed E-state index contributed by atoms with van der Waals surface area (Å²) in [4.78, 5) is 24.1. The van der Waals surface area contributed by atoms with Gasteiger partial charge in [0, 0.05) is 24.7 Å². The van der Waals surface area contributed by atoms with E-state index in [0.29, 0.717) is 23.5 Å². The topological polar surface area (TPSA) is 43.4 Å². The number of carbonyl (C=O) groups is 2. The van der Waals surface area contributed by atoms with Crippen molar-refractivity contribution in [3.05, 3.63) is 11.6 Å². The number of hydrogen-bond donors (Lipinski definition) is 0. The Labute approximate surface area is 151 Å². The van der Waals surface area contributed by atoms with Crippen LogP contribution in [0.5, 0.6) is 0 Å². The SMILES string of the molecule is CC(=O)OC1CCC2(C)C(=CCC3C4CC(C)C(=O)C4(C)CCC32)C1. The zero-order valence-electron chi connectivity index (χ0n) is 16.1. The molecule has 0 aromatic heterocycles. The molecule has 0 saturated heterocycles. The van der Waals surface area contributed by atoms with E-state index >= 15 is 0 Å². The van der Waals surface area contributed by atoms with E-state index in [-0.39, 0.29) is 28.8 Å². The summed E-state index contributed by atoms with van der Waals surface area (Å²) in [7, 11) is 0. The number of rotatable bonds is 1. The van der Waals surface area contributed by atoms with Crippen LogP contribution in [0.1, 0.15) is 72.6 Å². The van der Waals surface area contributed by atoms with Gasteiger partial charge in [0.1, 0.15) is 11.9 Å². The molecule has 3 fully saturated rings. The van der Waals surface area contributed by atoms with E-state index < -0.39 is 0 Å². The Bertz CT molecular complexity index is 635. The average molecular weight is 344 g/mol. The van der Waals surface area contributed by atoms with Crippen LogP contribution in [0.3, 0.4) is 0 Å². The lowest BCUT2D eigenvalue weighted by atomic mass is 9.48. The first-order valence-corrected chi connectivity index (χ1v) is 10.2. The second-order valence-electron chi connectivity index (χ2n) is 9.69. The van der Waals surface area contributed by atoms with Crippen molar-refractivity contribution in [1.82, 2.24) is 0 Å². The van der Waals surface area contributed by atoms with Gasteiger partial charge < -0.3 is 4.74 Å². The first-order chi connectivity index (χ1) is 11.8. The van der Waals surface area contributed by atoms with E-state index in [1.54, 1.807) is 0 Å². The van der Waals surface area contributed by atoms with Crippen molar-refractivity contribution in [3.8, 4) is 0 Å². The fraction of sp³-hybridized carbons (Fsp3) is 0.818. The monoisotopic (exact) mass is 344 g/mol. The van der Waals surface area contributed by atoms with Crippen molar-refractivity contribution in [2.45, 2.75) is 78.7 Å². The van der Waals surface area contributed by atoms with Crippen LogP contribution in [-0.2, 0) is 14.3 Å². The molecule has 138 valence electrons. The normalized spacial score (nSPS) is 48.9. The lowest BCUT2D eigenvalue weighted by molar-refractivity contribution is -0.148. The highest BCUT2D eigenvalue weighted by molar-refractivity contribution is 5.89. The molecule has 0 aliphatic heterocycles. The number of fused-ring (bicyclic) bond motifs is 5. The fourth-order valence-corrected chi connectivity index (χ4v) is 7.07. The molecule has 3 heteroatoms. The molecular formula is C22H32O3. The second-order valence-corrected chi connectivity index (χ2v) is 9.69. The molecule has 3 saturated carbocycles. The predicted octanol–water partition coefficient (Wildman–Crippen LogP) is 4.70. The van der Waals surface area contributed by atoms with Crippen LogP contribution in [0.4, 0.5) is 0 Å². The quantitative estimate of drug-likeness (QED) is 0.512. The van der Waals surface area contributed by atoms with Crippen LogP contribution in [0.2, 0.25) is 0 Å². The largest absolute Gasteiger partial charge is 0.462 e. The first-order valence-electron chi connectivity index (χ1n) is 10.2. The molecule has 4 aliphatic rings. The number of ketones is 1. The number of hydrogen-bond acceptors (Lipinski definition) is 3. The van der Waals surface area contributed by atoms with Crippen LogP contribution in [-0.4, -0.2) is 17.9 Å². The van der Waals surface area contributed by atoms with Crippen LogP contribution in [0.15, 0.2) is 11.6 Å². The van der Waals surface area contributed by atoms with Gasteiger partial charge in [-0.2, -0.15) is 0 Å². The van der Waals surface area contributed by atoms with Crippen LogP contribution in [0.25, 0.3) is 0 Å². The maximum atomic E-state index is 12.8. The molecule has 25 heavy (non-hydrogen) atoms. The van der Waals surface area contributed by atoms with Gasteiger partial charge in [-0.15, -0.1) is 0 Å². The maximum Gasteiger partial charge on any atom is 0.302 e. The molecule has 0 heterocycles. The van der Waals surface area contributed by atoms with Crippen molar-refractivity contribution in [3.63, 3.8) is 0 Å². The van der Waals surface area contributed by atoms with E-state index in [2.05, 4.69) is 26.8 Å². The summed E-state index contributed by atoms with van der Waals surface area (Å²) in [6, 6.07) is 0. The van der Waals surface area contributed by atoms with Crippen LogP contribution < -0.4 is 0 Å². The first kappa shape index (κ1) is 17.3. The Morgan fingerprint density at radius 3 is 2.60 bits per heavy atom. The number of esters is 1. The van der Waals surface area contributed by atoms with Gasteiger partial charge in [0.05, 0.1) is 0 Å². The summed E-state index contributed by atoms with van der Waals surface area (Å²) in [6.07, 6.45) is 9.98. The zero-order valence-corrected chi connectivity index (χ0v) is 16.1. The molecule has 0 bridgehead atoms. The minimum absolute atomic E-state index is 0.0651. The van der Waals surface area contributed by atoms with E-state index in [1.165, 1.54) is 18.9 Å². The van der Waals surface area contributed by atoms with Gasteiger partial charge in [-0.05, 0) is 61.7 Å². The summed E-state index contributed by atoms with van der Waals surface area (Å²) < 4.78 is 5.51. The van der Waals surface area contributed by atoms with Gasteiger partial charge in [0.15, 0.2) is 0 Å². The average Bonchev–Trinajstić information content (AvgIpc) is 2.78. The van der Waals surface area contributed by atoms with Crippen molar-refractivity contribution in [2.24, 2.45) is 34.5 Å². The molecule has 4 rings (SSSR count). The third-order valence-electron chi connectivity index (χ3n) is 8.40. The summed E-state index contributed by atoms with van der Waals surface area (Å²) in [5.41, 5.74) is 1.69. The summed E-state index contributed by atoms with van der Waals surface area (Å²) in [5.74, 6) is 2.53. The Kier molecular flexibility index (Phi) is 3.94. The highest BCUT2D eigenvalue weighted by atomic mass is 16.5. The summed E-state index contributed by atoms with van der Waals surface area (Å²) in [6.45, 7) is 8.34. The van der Waals surface area contributed by atoms with Gasteiger partial charge in [0.25, 0.3) is 0 Å². The molecule has 3 nitrogen and oxygen atoms in total. The third-order valence-corrected chi connectivity index (χ3v) is 8.40. The number of carbonyl (C=O) groups excluding carboxylic acids is 2. The van der Waals surface area contributed by atoms with E-state index in [9.17, 15) is 9.59 Å². The molecule has 7 unspecified atom stereocenters. The second kappa shape index (κ2) is 5.69. The highest BCUT2D eigenvalue weighted by Crippen LogP contribution is 2.64. The van der Waals surface area contributed by atoms with Crippen molar-refractivity contribution >= 4 is 11.8 Å². The Morgan fingerprint density at radius 1 is 1.16 bits per heavy atom. The van der Waals surface area contributed by atoms with Gasteiger partial charge in [-0.25, -0.2) is 0 Å². The van der Waals surface area contributed by atoms with Crippen molar-refractivity contribution < 1.29 is 14.3 Å². The van der Waals surface area contributed by atoms with Crippen molar-refractivity contribution in [2.75, 3.05) is 0 Å². The van der Waals surface area contributed by atoms with Crippen molar-refractivity contribution in [1.29, 1.82) is 0 Å². The molecular weight excluding hydrogens is 312 g/mol. The summed E-state index contributed by atoms with van der Waals surface area (Å²) in [5, 5.41) is 0. The Balaban J connectivity index is 1.61. The molecule has 0 N–H and O–H groups in total. The lowest BCUT2D eigenvalue weighted by Crippen LogP contribution is -2.50. The Morgan fingerprint density at radius 2 is 1.88 bits per heavy atom. The zero-order chi connectivity index (χ0) is 18.0. The smallest absolute Gasteiger partial charge is 0.302 e. The number of Topliss-reactive ketones (excluding diaryl/α,β-unsaturated/α-hetero) is 1. The maximum absolute atomic E-state index is 12.8. The molecule has 0 aromatic rings. The molecule has 7 atom stereocenters. The summed E-state index contributed by atoms with van der Waals surface area (Å²) >= 11 is 0. The minimum Gasteiger partial charge on any atom is -0.462 e. The predicted molar refractivity (Wildman–Crippen MR) is 96.8 cm³/mol. The van der Waals surface area contributed by atoms with Gasteiger partial charge >= 0.3 is 5.97 Å². The number of allylic oxidation sites excluding steroid dienone is 1. The minimum atomic E-state index is -0.158. The fourth-order valence-electron chi connectivity index (χ4n) is 7.07. The van der Waals surface area contributed by atoms with E-state index in [0.717, 1.165) is 38.5 Å². The van der Waals surface area contributed by atoms with Gasteiger partial charge in [-0.3, -0.25) is 9.59 Å². The number of ether oxygens (including phenoxy) is 1. The molecule has 4 aliphatic carbocycles. The highest BCUT2D eigenvalue weighted by Gasteiger charge is 2.60. The lowest BCUT2D eigenvalue weighted by Gasteiger charge is -2.56.